The van der Waals surface area contributed by atoms with Crippen molar-refractivity contribution >= 4 is 99.0 Å². The van der Waals surface area contributed by atoms with E-state index in [0.717, 1.165) is 21.9 Å². The van der Waals surface area contributed by atoms with Crippen molar-refractivity contribution in [3.63, 3.8) is 0 Å². The molecule has 0 radical (unpaired) electrons. The smallest absolute Gasteiger partial charge is 0.188 e. The van der Waals surface area contributed by atoms with Crippen LogP contribution in [0.2, 0.25) is 0 Å². The third kappa shape index (κ3) is 16.1. The Hall–Kier alpha value is -11.3. The van der Waals surface area contributed by atoms with E-state index in [2.05, 4.69) is 15.0 Å². The number of benzene rings is 6. The molecule has 1 N–H and O–H groups in total. The van der Waals surface area contributed by atoms with Gasteiger partial charge in [0.25, 0.3) is 0 Å². The lowest BCUT2D eigenvalue weighted by atomic mass is 9.93. The molecule has 6 heterocycles. The quantitative estimate of drug-likeness (QED) is 0.0496. The second kappa shape index (κ2) is 33.2. The van der Waals surface area contributed by atoms with Gasteiger partial charge in [0.2, 0.25) is 0 Å². The van der Waals surface area contributed by atoms with E-state index in [4.69, 9.17) is 37.9 Å². The molecular formula is C78H66F3N3O15S3. The number of carbonyl (C=O) groups is 6. The molecule has 0 saturated heterocycles. The summed E-state index contributed by atoms with van der Waals surface area (Å²) in [6.07, 6.45) is -0.170. The average Bonchev–Trinajstić information content (AvgIpc) is 1.59. The summed E-state index contributed by atoms with van der Waals surface area (Å²) in [5, 5.41) is 17.9. The third-order valence-corrected chi connectivity index (χ3v) is 19.5. The first-order chi connectivity index (χ1) is 49.3. The van der Waals surface area contributed by atoms with E-state index in [9.17, 15) is 47.0 Å². The average molecular weight is 1440 g/mol. The first kappa shape index (κ1) is 73.4. The van der Waals surface area contributed by atoms with E-state index >= 15 is 0 Å². The van der Waals surface area contributed by atoms with Crippen LogP contribution in [0.5, 0.6) is 51.7 Å². The van der Waals surface area contributed by atoms with Gasteiger partial charge >= 0.3 is 0 Å². The van der Waals surface area contributed by atoms with Crippen LogP contribution in [0.15, 0.2) is 162 Å². The number of aromatic nitrogens is 3. The van der Waals surface area contributed by atoms with Gasteiger partial charge in [-0.15, -0.1) is 34.0 Å². The van der Waals surface area contributed by atoms with Gasteiger partial charge in [-0.2, -0.15) is 0 Å². The maximum atomic E-state index is 14.1. The summed E-state index contributed by atoms with van der Waals surface area (Å²) in [5.41, 5.74) is 5.02. The summed E-state index contributed by atoms with van der Waals surface area (Å²) >= 11 is 3.81. The number of carbonyl (C=O) groups excluding carboxylic acids is 6. The first-order valence-corrected chi connectivity index (χ1v) is 34.1. The molecule has 102 heavy (non-hydrogen) atoms. The predicted octanol–water partition coefficient (Wildman–Crippen LogP) is 17.9. The predicted molar refractivity (Wildman–Crippen MR) is 387 cm³/mol. The van der Waals surface area contributed by atoms with E-state index in [1.54, 1.807) is 121 Å². The molecule has 0 spiro atoms. The summed E-state index contributed by atoms with van der Waals surface area (Å²) in [6, 6.07) is 38.8. The Kier molecular flexibility index (Phi) is 23.9. The normalized spacial score (nSPS) is 11.2. The van der Waals surface area contributed by atoms with Gasteiger partial charge in [-0.05, 0) is 109 Å². The zero-order valence-electron chi connectivity index (χ0n) is 56.6. The van der Waals surface area contributed by atoms with E-state index in [0.29, 0.717) is 105 Å². The van der Waals surface area contributed by atoms with Crippen LogP contribution < -0.4 is 37.9 Å². The Balaban J connectivity index is 0.000000165. The van der Waals surface area contributed by atoms with Crippen molar-refractivity contribution in [2.45, 2.75) is 39.0 Å². The number of pyridine rings is 3. The van der Waals surface area contributed by atoms with Crippen molar-refractivity contribution in [2.24, 2.45) is 5.92 Å². The second-order valence-electron chi connectivity index (χ2n) is 22.7. The van der Waals surface area contributed by atoms with Gasteiger partial charge < -0.3 is 43.0 Å². The fraction of sp³-hybridized carbons (Fsp3) is 0.192. The van der Waals surface area contributed by atoms with Crippen molar-refractivity contribution in [3.8, 4) is 85.5 Å². The molecule has 6 aromatic carbocycles. The number of ketones is 6. The van der Waals surface area contributed by atoms with Gasteiger partial charge in [-0.1, -0.05) is 43.3 Å². The van der Waals surface area contributed by atoms with Crippen molar-refractivity contribution in [3.05, 3.63) is 213 Å². The standard InChI is InChI=1S/3C26H22FNO5S/c2*1-31-22-11-7-15(13-24(22)33-3)20(29)9-10-21(30)25-23(32-2)12-8-19(28-25)17-14-34-26-16(17)5-4-6-18(26)27;1-14(11-21(30)15-7-10-22(32-2)23(12-15)33-3)25(31)24-20(29)9-8-19(28-24)17-13-34-26-16(17)5-4-6-18(26)27/h2*4-8,11-14H,9-10H2,1-3H3;4-10,12-14,29H,11H2,1-3H3. The molecule has 0 amide bonds. The fourth-order valence-corrected chi connectivity index (χ4v) is 14.0. The lowest BCUT2D eigenvalue weighted by Crippen LogP contribution is -2.17. The summed E-state index contributed by atoms with van der Waals surface area (Å²) in [5.74, 6) is -0.237. The molecule has 1 atom stereocenters. The summed E-state index contributed by atoms with van der Waals surface area (Å²) < 4.78 is 85.9. The SMILES string of the molecule is COc1ccc(C(=O)CC(C)C(=O)c2nc(-c3csc4c(F)cccc34)ccc2O)cc1OC.COc1ccc(C(=O)CCC(=O)c2nc(-c3csc4c(F)cccc34)ccc2OC)cc1OC.COc1ccc(C(=O)CCC(=O)c2nc(-c3csc4c(F)cccc34)ccc2OC)cc1OC. The molecule has 12 rings (SSSR count). The Morgan fingerprint density at radius 1 is 0.373 bits per heavy atom. The van der Waals surface area contributed by atoms with Gasteiger partial charge in [0.05, 0.1) is 88.1 Å². The van der Waals surface area contributed by atoms with Crippen molar-refractivity contribution in [2.75, 3.05) is 56.9 Å². The molecule has 1 unspecified atom stereocenters. The summed E-state index contributed by atoms with van der Waals surface area (Å²) in [7, 11) is 11.9. The lowest BCUT2D eigenvalue weighted by molar-refractivity contribution is 0.0857. The summed E-state index contributed by atoms with van der Waals surface area (Å²) in [4.78, 5) is 90.8. The zero-order valence-corrected chi connectivity index (χ0v) is 59.0. The minimum absolute atomic E-state index is 0.00400. The number of fused-ring (bicyclic) bond motifs is 3. The topological polar surface area (TPSA) is 235 Å². The first-order valence-electron chi connectivity index (χ1n) is 31.4. The Labute approximate surface area is 595 Å². The Morgan fingerprint density at radius 2 is 0.676 bits per heavy atom. The molecule has 522 valence electrons. The van der Waals surface area contributed by atoms with Gasteiger partial charge in [0.15, 0.2) is 69.2 Å². The summed E-state index contributed by atoms with van der Waals surface area (Å²) in [6.45, 7) is 1.62. The molecule has 24 heteroatoms. The molecule has 0 aliphatic rings. The number of methoxy groups -OCH3 is 8. The number of ether oxygens (including phenoxy) is 8. The highest BCUT2D eigenvalue weighted by molar-refractivity contribution is 7.18. The van der Waals surface area contributed by atoms with Crippen LogP contribution in [-0.2, 0) is 0 Å². The monoisotopic (exact) mass is 1440 g/mol. The molecule has 0 bridgehead atoms. The molecule has 0 fully saturated rings. The largest absolute Gasteiger partial charge is 0.506 e. The zero-order chi connectivity index (χ0) is 72.9. The number of Topliss-reactive ketones (excluding diaryl/α,β-unsaturated/α-hetero) is 6. The fourth-order valence-electron chi connectivity index (χ4n) is 11.1. The number of hydrogen-bond donors (Lipinski definition) is 1. The highest BCUT2D eigenvalue weighted by Gasteiger charge is 2.27. The maximum absolute atomic E-state index is 14.1. The van der Waals surface area contributed by atoms with Crippen LogP contribution in [0, 0.1) is 23.4 Å². The van der Waals surface area contributed by atoms with Crippen LogP contribution in [0.4, 0.5) is 13.2 Å². The van der Waals surface area contributed by atoms with E-state index in [1.807, 2.05) is 22.9 Å². The minimum Gasteiger partial charge on any atom is -0.506 e. The van der Waals surface area contributed by atoms with Gasteiger partial charge in [-0.3, -0.25) is 28.8 Å². The Bertz CT molecular complexity index is 4960. The number of rotatable bonds is 26. The van der Waals surface area contributed by atoms with E-state index in [1.165, 1.54) is 115 Å². The third-order valence-electron chi connectivity index (χ3n) is 16.5. The molecule has 12 aromatic rings. The highest BCUT2D eigenvalue weighted by atomic mass is 32.1. The van der Waals surface area contributed by atoms with Crippen LogP contribution in [0.3, 0.4) is 0 Å². The van der Waals surface area contributed by atoms with Crippen molar-refractivity contribution in [1.29, 1.82) is 0 Å². The van der Waals surface area contributed by atoms with Crippen LogP contribution in [0.25, 0.3) is 64.0 Å². The number of hydrogen-bond acceptors (Lipinski definition) is 21. The highest BCUT2D eigenvalue weighted by Crippen LogP contribution is 2.40. The number of thiophene rings is 3. The van der Waals surface area contributed by atoms with Crippen molar-refractivity contribution in [1.82, 2.24) is 15.0 Å². The minimum atomic E-state index is -0.731. The number of aromatic hydroxyl groups is 1. The number of nitrogens with zero attached hydrogens (tertiary/aromatic N) is 3. The van der Waals surface area contributed by atoms with Gasteiger partial charge in [0, 0.05) is 104 Å². The molecule has 0 aliphatic carbocycles. The number of halogens is 3. The lowest BCUT2D eigenvalue weighted by Gasteiger charge is -2.13. The molecule has 0 saturated carbocycles. The van der Waals surface area contributed by atoms with Crippen molar-refractivity contribution < 1.29 is 84.9 Å². The van der Waals surface area contributed by atoms with Crippen LogP contribution in [-0.4, -0.2) is 112 Å². The van der Waals surface area contributed by atoms with Gasteiger partial charge in [-0.25, -0.2) is 28.1 Å². The molecule has 6 aromatic heterocycles. The molecular weight excluding hydrogens is 1370 g/mol. The molecule has 0 aliphatic heterocycles. The second-order valence-corrected chi connectivity index (χ2v) is 25.3. The molecule has 18 nitrogen and oxygen atoms in total. The van der Waals surface area contributed by atoms with E-state index in [-0.39, 0.29) is 101 Å². The van der Waals surface area contributed by atoms with Crippen LogP contribution >= 0.6 is 34.0 Å². The maximum Gasteiger partial charge on any atom is 0.188 e. The van der Waals surface area contributed by atoms with Gasteiger partial charge in [0.1, 0.15) is 51.8 Å². The van der Waals surface area contributed by atoms with E-state index < -0.39 is 11.7 Å². The Morgan fingerprint density at radius 3 is 1.02 bits per heavy atom. The van der Waals surface area contributed by atoms with Crippen LogP contribution in [0.1, 0.15) is 102 Å².